The molecule has 122 valence electrons. The molecule has 5 heteroatoms. The van der Waals surface area contributed by atoms with Gasteiger partial charge in [-0.05, 0) is 23.3 Å². The average molecular weight is 314 g/mol. The molecule has 1 aromatic carbocycles. The van der Waals surface area contributed by atoms with Gasteiger partial charge in [0.15, 0.2) is 0 Å². The van der Waals surface area contributed by atoms with Crippen LogP contribution in [0.3, 0.4) is 0 Å². The molecule has 0 unspecified atom stereocenters. The maximum Gasteiger partial charge on any atom is 0.261 e. The molecule has 4 N–H and O–H groups in total. The van der Waals surface area contributed by atoms with Gasteiger partial charge in [0, 0.05) is 6.54 Å². The number of benzene rings is 1. The van der Waals surface area contributed by atoms with Crippen LogP contribution in [0.1, 0.15) is 20.7 Å². The summed E-state index contributed by atoms with van der Waals surface area (Å²) in [6.07, 6.45) is 3.20. The summed E-state index contributed by atoms with van der Waals surface area (Å²) in [5.41, 5.74) is 7.57. The Morgan fingerprint density at radius 2 is 1.43 bits per heavy atom. The van der Waals surface area contributed by atoms with Gasteiger partial charge in [0.2, 0.25) is 0 Å². The van der Waals surface area contributed by atoms with Crippen LogP contribution in [0.4, 0.5) is 0 Å². The molecule has 2 amide bonds. The first-order chi connectivity index (χ1) is 10.5. The van der Waals surface area contributed by atoms with Crippen molar-refractivity contribution in [1.29, 1.82) is 0 Å². The fraction of sp³-hybridized carbons (Fsp3) is 0.111. The van der Waals surface area contributed by atoms with E-state index >= 15 is 0 Å². The van der Waals surface area contributed by atoms with E-state index in [0.717, 1.165) is 5.57 Å². The molecule has 1 heterocycles. The molecule has 0 aromatic heterocycles. The summed E-state index contributed by atoms with van der Waals surface area (Å²) in [5, 5.41) is 0. The molecule has 0 atom stereocenters. The number of nitrogens with zero attached hydrogens (tertiary/aromatic N) is 1. The molecule has 0 aliphatic carbocycles. The minimum Gasteiger partial charge on any atom is -0.412 e. The predicted molar refractivity (Wildman–Crippen MR) is 93.2 cm³/mol. The van der Waals surface area contributed by atoms with Crippen LogP contribution in [0.2, 0.25) is 0 Å². The third kappa shape index (κ3) is 4.88. The zero-order valence-electron chi connectivity index (χ0n) is 13.0. The van der Waals surface area contributed by atoms with Crippen LogP contribution in [-0.2, 0) is 0 Å². The molecule has 1 aliphatic rings. The Balaban J connectivity index is 0.000000599. The van der Waals surface area contributed by atoms with Crippen molar-refractivity contribution in [2.24, 2.45) is 5.73 Å². The topological polar surface area (TPSA) is 94.9 Å². The minimum absolute atomic E-state index is 0. The minimum atomic E-state index is -0.261. The van der Waals surface area contributed by atoms with E-state index in [9.17, 15) is 9.59 Å². The van der Waals surface area contributed by atoms with Gasteiger partial charge in [0.1, 0.15) is 0 Å². The maximum atomic E-state index is 11.9. The smallest absolute Gasteiger partial charge is 0.261 e. The monoisotopic (exact) mass is 314 g/mol. The van der Waals surface area contributed by atoms with Crippen LogP contribution in [0, 0.1) is 0 Å². The van der Waals surface area contributed by atoms with Crippen molar-refractivity contribution in [3.63, 3.8) is 0 Å². The average Bonchev–Trinajstić information content (AvgIpc) is 2.80. The Morgan fingerprint density at radius 3 is 1.74 bits per heavy atom. The Bertz CT molecular complexity index is 612. The fourth-order valence-electron chi connectivity index (χ4n) is 1.73. The van der Waals surface area contributed by atoms with Crippen LogP contribution >= 0.6 is 0 Å². The summed E-state index contributed by atoms with van der Waals surface area (Å²) in [7, 11) is 0. The predicted octanol–water partition coefficient (Wildman–Crippen LogP) is 1.89. The van der Waals surface area contributed by atoms with Crippen LogP contribution in [0.15, 0.2) is 73.9 Å². The van der Waals surface area contributed by atoms with E-state index < -0.39 is 0 Å². The largest absolute Gasteiger partial charge is 0.412 e. The van der Waals surface area contributed by atoms with Crippen molar-refractivity contribution in [2.45, 2.75) is 0 Å². The van der Waals surface area contributed by atoms with E-state index in [0.29, 0.717) is 23.2 Å². The normalized spacial score (nSPS) is 11.6. The molecular formula is C18H22N2O3. The lowest BCUT2D eigenvalue weighted by molar-refractivity contribution is 0.0669. The highest BCUT2D eigenvalue weighted by molar-refractivity contribution is 6.21. The summed E-state index contributed by atoms with van der Waals surface area (Å²) in [4.78, 5) is 25.0. The van der Waals surface area contributed by atoms with Gasteiger partial charge in [-0.25, -0.2) is 0 Å². The Hall–Kier alpha value is -2.76. The summed E-state index contributed by atoms with van der Waals surface area (Å²) in [6.45, 7) is 15.0. The molecule has 23 heavy (non-hydrogen) atoms. The summed E-state index contributed by atoms with van der Waals surface area (Å²) in [6, 6.07) is 6.81. The molecule has 0 fully saturated rings. The third-order valence-corrected chi connectivity index (χ3v) is 3.08. The first kappa shape index (κ1) is 20.2. The first-order valence-corrected chi connectivity index (χ1v) is 6.72. The highest BCUT2D eigenvalue weighted by Crippen LogP contribution is 2.22. The molecule has 0 spiro atoms. The zero-order valence-corrected chi connectivity index (χ0v) is 13.0. The Kier molecular flexibility index (Phi) is 8.18. The highest BCUT2D eigenvalue weighted by atomic mass is 16.2. The summed E-state index contributed by atoms with van der Waals surface area (Å²) >= 11 is 0. The number of imide groups is 1. The lowest BCUT2D eigenvalue weighted by atomic mass is 10.1. The van der Waals surface area contributed by atoms with Crippen molar-refractivity contribution < 1.29 is 15.1 Å². The number of fused-ring (bicyclic) bond motifs is 1. The van der Waals surface area contributed by atoms with Gasteiger partial charge >= 0.3 is 0 Å². The lowest BCUT2D eigenvalue weighted by Gasteiger charge is -2.13. The van der Waals surface area contributed by atoms with Crippen molar-refractivity contribution in [2.75, 3.05) is 13.1 Å². The molecule has 1 aliphatic heterocycles. The lowest BCUT2D eigenvalue weighted by Crippen LogP contribution is -2.31. The molecule has 0 radical (unpaired) electrons. The van der Waals surface area contributed by atoms with Gasteiger partial charge in [0.05, 0.1) is 17.7 Å². The molecule has 1 aromatic rings. The quantitative estimate of drug-likeness (QED) is 0.664. The molecule has 0 saturated heterocycles. The van der Waals surface area contributed by atoms with Crippen molar-refractivity contribution in [1.82, 2.24) is 4.90 Å². The van der Waals surface area contributed by atoms with Gasteiger partial charge in [-0.3, -0.25) is 14.5 Å². The maximum absolute atomic E-state index is 11.9. The zero-order chi connectivity index (χ0) is 16.7. The second-order valence-electron chi connectivity index (χ2n) is 4.67. The van der Waals surface area contributed by atoms with Gasteiger partial charge < -0.3 is 11.2 Å². The van der Waals surface area contributed by atoms with E-state index in [2.05, 4.69) is 26.3 Å². The van der Waals surface area contributed by atoms with Crippen LogP contribution in [0.25, 0.3) is 0 Å². The van der Waals surface area contributed by atoms with E-state index in [1.807, 2.05) is 0 Å². The highest BCUT2D eigenvalue weighted by Gasteiger charge is 2.34. The molecule has 5 nitrogen and oxygen atoms in total. The molecule has 0 bridgehead atoms. The number of rotatable bonds is 5. The van der Waals surface area contributed by atoms with Gasteiger partial charge in [0.25, 0.3) is 11.8 Å². The van der Waals surface area contributed by atoms with Gasteiger partial charge in [-0.1, -0.05) is 50.6 Å². The van der Waals surface area contributed by atoms with E-state index in [1.165, 1.54) is 4.90 Å². The second kappa shape index (κ2) is 9.30. The molecule has 0 saturated carbocycles. The van der Waals surface area contributed by atoms with Crippen LogP contribution < -0.4 is 5.73 Å². The van der Waals surface area contributed by atoms with Crippen molar-refractivity contribution in [3.05, 3.63) is 85.0 Å². The van der Waals surface area contributed by atoms with Crippen LogP contribution in [-0.4, -0.2) is 35.3 Å². The van der Waals surface area contributed by atoms with Crippen LogP contribution in [0.5, 0.6) is 0 Å². The number of nitrogens with two attached hydrogens (primary N) is 1. The van der Waals surface area contributed by atoms with E-state index in [1.54, 1.807) is 36.4 Å². The van der Waals surface area contributed by atoms with Gasteiger partial charge in [-0.15, -0.1) is 0 Å². The SMILES string of the molecule is C=CC(=C)CN.C=CC(=C)CN1C(=O)c2ccccc2C1=O.O. The number of carbonyl (C=O) groups is 2. The molecule has 2 rings (SSSR count). The van der Waals surface area contributed by atoms with E-state index in [-0.39, 0.29) is 23.8 Å². The molecular weight excluding hydrogens is 292 g/mol. The third-order valence-electron chi connectivity index (χ3n) is 3.08. The van der Waals surface area contributed by atoms with E-state index in [4.69, 9.17) is 5.73 Å². The second-order valence-corrected chi connectivity index (χ2v) is 4.67. The van der Waals surface area contributed by atoms with Crippen molar-refractivity contribution in [3.8, 4) is 0 Å². The summed E-state index contributed by atoms with van der Waals surface area (Å²) < 4.78 is 0. The van der Waals surface area contributed by atoms with Crippen molar-refractivity contribution >= 4 is 11.8 Å². The Labute approximate surface area is 136 Å². The number of hydrogen-bond acceptors (Lipinski definition) is 3. The standard InChI is InChI=1S/C13H11NO2.C5H9N.H2O/c1-3-9(2)8-14-12(15)10-6-4-5-7-11(10)13(14)16;1-3-5(2)4-6;/h3-7H,1-2,8H2;3H,1-2,4,6H2;1H2. The number of carbonyl (C=O) groups excluding carboxylic acids is 2. The van der Waals surface area contributed by atoms with Gasteiger partial charge in [-0.2, -0.15) is 0 Å². The summed E-state index contributed by atoms with van der Waals surface area (Å²) in [5.74, 6) is -0.521. The Morgan fingerprint density at radius 1 is 1.00 bits per heavy atom. The first-order valence-electron chi connectivity index (χ1n) is 6.72. The number of amides is 2. The number of hydrogen-bond donors (Lipinski definition) is 1. The fourth-order valence-corrected chi connectivity index (χ4v) is 1.73.